The zero-order valence-corrected chi connectivity index (χ0v) is 13.9. The van der Waals surface area contributed by atoms with Gasteiger partial charge in [0, 0.05) is 16.6 Å². The number of nitrogens with two attached hydrogens (primary N) is 1. The monoisotopic (exact) mass is 374 g/mol. The molecule has 0 aliphatic carbocycles. The number of benzene rings is 2. The smallest absolute Gasteiger partial charge is 0.255 e. The van der Waals surface area contributed by atoms with Crippen LogP contribution in [0, 0.1) is 0 Å². The van der Waals surface area contributed by atoms with Crippen molar-refractivity contribution in [3.05, 3.63) is 63.6 Å². The minimum Gasteiger partial charge on any atom is -0.491 e. The molecule has 3 rings (SSSR count). The van der Waals surface area contributed by atoms with Gasteiger partial charge < -0.3 is 15.4 Å². The molecule has 0 spiro atoms. The maximum atomic E-state index is 12.8. The summed E-state index contributed by atoms with van der Waals surface area (Å²) in [6.07, 6.45) is 0. The first-order chi connectivity index (χ1) is 11.1. The largest absolute Gasteiger partial charge is 0.491 e. The minimum atomic E-state index is -0.624. The molecule has 0 atom stereocenters. The predicted molar refractivity (Wildman–Crippen MR) is 89.3 cm³/mol. The topological polar surface area (TPSA) is 72.6 Å². The second kappa shape index (κ2) is 6.42. The van der Waals surface area contributed by atoms with Gasteiger partial charge in [0.2, 0.25) is 5.91 Å². The maximum Gasteiger partial charge on any atom is 0.255 e. The number of primary amides is 1. The Hall–Kier alpha value is -2.34. The number of halogens is 1. The number of fused-ring (bicyclic) bond motifs is 1. The number of amides is 2. The third-order valence-electron chi connectivity index (χ3n) is 3.72. The van der Waals surface area contributed by atoms with Crippen molar-refractivity contribution in [3.8, 4) is 5.75 Å². The van der Waals surface area contributed by atoms with Crippen LogP contribution in [0.15, 0.2) is 46.9 Å². The summed E-state index contributed by atoms with van der Waals surface area (Å²) in [6.45, 7) is 1.29. The van der Waals surface area contributed by atoms with Gasteiger partial charge >= 0.3 is 0 Å². The third-order valence-corrected chi connectivity index (χ3v) is 4.21. The van der Waals surface area contributed by atoms with Crippen LogP contribution in [0.25, 0.3) is 0 Å². The van der Waals surface area contributed by atoms with Gasteiger partial charge in [0.1, 0.15) is 12.4 Å². The molecule has 118 valence electrons. The number of para-hydroxylation sites is 1. The maximum absolute atomic E-state index is 12.8. The van der Waals surface area contributed by atoms with E-state index < -0.39 is 5.91 Å². The van der Waals surface area contributed by atoms with Crippen molar-refractivity contribution >= 4 is 27.7 Å². The molecular formula is C17H15BrN2O3. The summed E-state index contributed by atoms with van der Waals surface area (Å²) in [5.74, 6) is -0.0681. The van der Waals surface area contributed by atoms with Crippen LogP contribution in [0.5, 0.6) is 5.75 Å². The van der Waals surface area contributed by atoms with E-state index in [4.69, 9.17) is 10.5 Å². The summed E-state index contributed by atoms with van der Waals surface area (Å²) in [7, 11) is 0. The highest BCUT2D eigenvalue weighted by molar-refractivity contribution is 9.10. The van der Waals surface area contributed by atoms with E-state index >= 15 is 0 Å². The number of carbonyl (C=O) groups is 2. The second-order valence-electron chi connectivity index (χ2n) is 5.24. The van der Waals surface area contributed by atoms with Crippen molar-refractivity contribution in [2.24, 2.45) is 5.73 Å². The average Bonchev–Trinajstić information content (AvgIpc) is 2.76. The normalized spacial score (nSPS) is 13.7. The van der Waals surface area contributed by atoms with E-state index in [-0.39, 0.29) is 11.5 Å². The molecule has 0 fully saturated rings. The van der Waals surface area contributed by atoms with Crippen LogP contribution in [0.3, 0.4) is 0 Å². The molecule has 2 amide bonds. The number of nitrogens with zero attached hydrogens (tertiary/aromatic N) is 1. The van der Waals surface area contributed by atoms with Gasteiger partial charge in [-0.3, -0.25) is 9.59 Å². The number of rotatable bonds is 2. The fourth-order valence-corrected chi connectivity index (χ4v) is 2.94. The minimum absolute atomic E-state index is 0.211. The number of hydrogen-bond acceptors (Lipinski definition) is 3. The molecule has 0 saturated carbocycles. The van der Waals surface area contributed by atoms with E-state index in [1.807, 2.05) is 24.3 Å². The molecule has 0 bridgehead atoms. The molecule has 23 heavy (non-hydrogen) atoms. The second-order valence-corrected chi connectivity index (χ2v) is 6.15. The van der Waals surface area contributed by atoms with Crippen molar-refractivity contribution in [1.29, 1.82) is 0 Å². The van der Waals surface area contributed by atoms with Gasteiger partial charge in [0.05, 0.1) is 17.7 Å². The van der Waals surface area contributed by atoms with Crippen LogP contribution < -0.4 is 10.5 Å². The predicted octanol–water partition coefficient (Wildman–Crippen LogP) is 2.58. The van der Waals surface area contributed by atoms with Crippen LogP contribution in [0.4, 0.5) is 0 Å². The highest BCUT2D eigenvalue weighted by Gasteiger charge is 2.24. The van der Waals surface area contributed by atoms with Crippen LogP contribution in [-0.2, 0) is 6.54 Å². The van der Waals surface area contributed by atoms with Crippen LogP contribution >= 0.6 is 15.9 Å². The molecule has 5 nitrogen and oxygen atoms in total. The Labute approximate surface area is 142 Å². The van der Waals surface area contributed by atoms with Gasteiger partial charge in [-0.1, -0.05) is 34.1 Å². The first-order valence-electron chi connectivity index (χ1n) is 7.15. The van der Waals surface area contributed by atoms with Gasteiger partial charge in [0.15, 0.2) is 0 Å². The van der Waals surface area contributed by atoms with E-state index in [0.717, 1.165) is 11.3 Å². The van der Waals surface area contributed by atoms with Crippen LogP contribution in [-0.4, -0.2) is 29.9 Å². The molecule has 2 N–H and O–H groups in total. The van der Waals surface area contributed by atoms with E-state index in [2.05, 4.69) is 15.9 Å². The lowest BCUT2D eigenvalue weighted by molar-refractivity contribution is 0.0728. The number of carbonyl (C=O) groups excluding carboxylic acids is 2. The molecule has 6 heteroatoms. The Morgan fingerprint density at radius 1 is 1.13 bits per heavy atom. The van der Waals surface area contributed by atoms with Gasteiger partial charge in [-0.25, -0.2) is 0 Å². The lowest BCUT2D eigenvalue weighted by Crippen LogP contribution is -2.34. The fourth-order valence-electron chi connectivity index (χ4n) is 2.58. The third kappa shape index (κ3) is 3.22. The Morgan fingerprint density at radius 2 is 1.91 bits per heavy atom. The molecule has 1 aliphatic rings. The summed E-state index contributed by atoms with van der Waals surface area (Å²) in [5.41, 5.74) is 6.86. The van der Waals surface area contributed by atoms with Crippen molar-refractivity contribution in [2.75, 3.05) is 13.2 Å². The molecule has 2 aromatic rings. The van der Waals surface area contributed by atoms with Crippen molar-refractivity contribution in [3.63, 3.8) is 0 Å². The van der Waals surface area contributed by atoms with Gasteiger partial charge in [0.25, 0.3) is 5.91 Å². The summed E-state index contributed by atoms with van der Waals surface area (Å²) in [5, 5.41) is 0. The van der Waals surface area contributed by atoms with E-state index in [1.165, 1.54) is 0 Å². The SMILES string of the molecule is NC(=O)c1cc(Br)ccc1C(=O)N1CCOc2ccccc2C1. The molecule has 1 heterocycles. The van der Waals surface area contributed by atoms with Crippen molar-refractivity contribution in [1.82, 2.24) is 4.90 Å². The van der Waals surface area contributed by atoms with Crippen molar-refractivity contribution in [2.45, 2.75) is 6.54 Å². The van der Waals surface area contributed by atoms with Gasteiger partial charge in [-0.2, -0.15) is 0 Å². The lowest BCUT2D eigenvalue weighted by atomic mass is 10.1. The van der Waals surface area contributed by atoms with E-state index in [1.54, 1.807) is 23.1 Å². The summed E-state index contributed by atoms with van der Waals surface area (Å²) in [4.78, 5) is 26.1. The zero-order valence-electron chi connectivity index (χ0n) is 12.3. The number of hydrogen-bond donors (Lipinski definition) is 1. The molecule has 1 aliphatic heterocycles. The summed E-state index contributed by atoms with van der Waals surface area (Å²) < 4.78 is 6.37. The molecule has 0 radical (unpaired) electrons. The highest BCUT2D eigenvalue weighted by Crippen LogP contribution is 2.24. The standard InChI is InChI=1S/C17H15BrN2O3/c18-12-5-6-13(14(9-12)16(19)21)17(22)20-7-8-23-15-4-2-1-3-11(15)10-20/h1-6,9H,7-8,10H2,(H2,19,21). The summed E-state index contributed by atoms with van der Waals surface area (Å²) >= 11 is 3.29. The summed E-state index contributed by atoms with van der Waals surface area (Å²) in [6, 6.07) is 12.5. The molecule has 0 aromatic heterocycles. The van der Waals surface area contributed by atoms with Crippen LogP contribution in [0.1, 0.15) is 26.3 Å². The van der Waals surface area contributed by atoms with Gasteiger partial charge in [-0.05, 0) is 24.3 Å². The Bertz CT molecular complexity index is 776. The van der Waals surface area contributed by atoms with Crippen molar-refractivity contribution < 1.29 is 14.3 Å². The fraction of sp³-hybridized carbons (Fsp3) is 0.176. The first kappa shape index (κ1) is 15.6. The molecule has 2 aromatic carbocycles. The molecular weight excluding hydrogens is 360 g/mol. The zero-order chi connectivity index (χ0) is 16.4. The lowest BCUT2D eigenvalue weighted by Gasteiger charge is -2.21. The Kier molecular flexibility index (Phi) is 4.34. The average molecular weight is 375 g/mol. The van der Waals surface area contributed by atoms with E-state index in [0.29, 0.717) is 29.7 Å². The number of ether oxygens (including phenoxy) is 1. The first-order valence-corrected chi connectivity index (χ1v) is 7.95. The quantitative estimate of drug-likeness (QED) is 0.877. The molecule has 0 unspecified atom stereocenters. The van der Waals surface area contributed by atoms with Gasteiger partial charge in [-0.15, -0.1) is 0 Å². The molecule has 0 saturated heterocycles. The Morgan fingerprint density at radius 3 is 2.70 bits per heavy atom. The van der Waals surface area contributed by atoms with E-state index in [9.17, 15) is 9.59 Å². The van der Waals surface area contributed by atoms with Crippen LogP contribution in [0.2, 0.25) is 0 Å². The Balaban J connectivity index is 1.93. The highest BCUT2D eigenvalue weighted by atomic mass is 79.9.